The summed E-state index contributed by atoms with van der Waals surface area (Å²) in [5.41, 5.74) is 9.77. The van der Waals surface area contributed by atoms with Gasteiger partial charge < -0.3 is 10.6 Å². The Labute approximate surface area is 143 Å². The van der Waals surface area contributed by atoms with E-state index in [1.807, 2.05) is 53.8 Å². The van der Waals surface area contributed by atoms with Crippen molar-refractivity contribution >= 4 is 5.91 Å². The van der Waals surface area contributed by atoms with Crippen LogP contribution in [0, 0.1) is 19.8 Å². The number of amides is 1. The number of nitrogens with two attached hydrogens (primary N) is 1. The number of nitrogens with zero attached hydrogens (tertiary/aromatic N) is 3. The summed E-state index contributed by atoms with van der Waals surface area (Å²) in [4.78, 5) is 14.6. The maximum Gasteiger partial charge on any atom is 0.253 e. The fourth-order valence-corrected chi connectivity index (χ4v) is 3.45. The molecular formula is C19H26N4O. The number of likely N-dealkylation sites (tertiary alicyclic amines) is 1. The Bertz CT molecular complexity index is 709. The summed E-state index contributed by atoms with van der Waals surface area (Å²) in [7, 11) is 0. The highest BCUT2D eigenvalue weighted by Gasteiger charge is 2.25. The molecule has 0 bridgehead atoms. The standard InChI is InChI=1S/C19H26N4O/c1-13-12-14(2)23(21-13)18-6-4-17(5-7-18)19(24)22-10-8-16(9-11-22)15(3)20/h4-7,12,15-16H,8-11,20H2,1-3H3. The third kappa shape index (κ3) is 3.36. The van der Waals surface area contributed by atoms with Crippen molar-refractivity contribution < 1.29 is 4.79 Å². The van der Waals surface area contributed by atoms with Crippen LogP contribution in [-0.2, 0) is 0 Å². The van der Waals surface area contributed by atoms with Crippen LogP contribution in [0.5, 0.6) is 0 Å². The van der Waals surface area contributed by atoms with Gasteiger partial charge in [0.05, 0.1) is 11.4 Å². The van der Waals surface area contributed by atoms with Crippen LogP contribution in [0.1, 0.15) is 41.5 Å². The summed E-state index contributed by atoms with van der Waals surface area (Å²) < 4.78 is 1.90. The number of aryl methyl sites for hydroxylation is 2. The SMILES string of the molecule is Cc1cc(C)n(-c2ccc(C(=O)N3CCC(C(C)N)CC3)cc2)n1. The lowest BCUT2D eigenvalue weighted by atomic mass is 9.90. The Hall–Kier alpha value is -2.14. The van der Waals surface area contributed by atoms with Gasteiger partial charge in [-0.2, -0.15) is 5.10 Å². The highest BCUT2D eigenvalue weighted by Crippen LogP contribution is 2.21. The predicted octanol–water partition coefficient (Wildman–Crippen LogP) is 2.69. The molecule has 1 aliphatic rings. The van der Waals surface area contributed by atoms with E-state index < -0.39 is 0 Å². The zero-order chi connectivity index (χ0) is 17.3. The van der Waals surface area contributed by atoms with Crippen LogP contribution in [0.2, 0.25) is 0 Å². The minimum absolute atomic E-state index is 0.109. The number of aromatic nitrogens is 2. The summed E-state index contributed by atoms with van der Waals surface area (Å²) in [6.45, 7) is 7.66. The second kappa shape index (κ2) is 6.77. The Kier molecular flexibility index (Phi) is 4.71. The molecule has 0 aliphatic carbocycles. The lowest BCUT2D eigenvalue weighted by Gasteiger charge is -2.33. The summed E-state index contributed by atoms with van der Waals surface area (Å²) in [6.07, 6.45) is 1.99. The number of carbonyl (C=O) groups excluding carboxylic acids is 1. The largest absolute Gasteiger partial charge is 0.339 e. The molecule has 1 aliphatic heterocycles. The maximum absolute atomic E-state index is 12.7. The Morgan fingerprint density at radius 2 is 1.83 bits per heavy atom. The molecule has 1 fully saturated rings. The average Bonchev–Trinajstić information content (AvgIpc) is 2.93. The number of carbonyl (C=O) groups is 1. The van der Waals surface area contributed by atoms with Crippen LogP contribution >= 0.6 is 0 Å². The Balaban J connectivity index is 1.70. The topological polar surface area (TPSA) is 64.2 Å². The fraction of sp³-hybridized carbons (Fsp3) is 0.474. The number of rotatable bonds is 3. The van der Waals surface area contributed by atoms with Gasteiger partial charge in [-0.15, -0.1) is 0 Å². The van der Waals surface area contributed by atoms with E-state index in [0.717, 1.165) is 48.6 Å². The molecule has 1 atom stereocenters. The molecule has 128 valence electrons. The van der Waals surface area contributed by atoms with Crippen LogP contribution in [0.25, 0.3) is 5.69 Å². The number of hydrogen-bond donors (Lipinski definition) is 1. The molecule has 3 rings (SSSR count). The molecule has 0 spiro atoms. The Morgan fingerprint density at radius 1 is 1.21 bits per heavy atom. The molecule has 1 unspecified atom stereocenters. The summed E-state index contributed by atoms with van der Waals surface area (Å²) >= 11 is 0. The van der Waals surface area contributed by atoms with Gasteiger partial charge in [-0.05, 0) is 69.9 Å². The lowest BCUT2D eigenvalue weighted by molar-refractivity contribution is 0.0681. The van der Waals surface area contributed by atoms with Crippen molar-refractivity contribution in [2.75, 3.05) is 13.1 Å². The molecule has 2 aromatic rings. The molecule has 1 aromatic heterocycles. The van der Waals surface area contributed by atoms with Gasteiger partial charge in [0.25, 0.3) is 5.91 Å². The molecule has 5 heteroatoms. The molecule has 2 N–H and O–H groups in total. The van der Waals surface area contributed by atoms with Crippen LogP contribution < -0.4 is 5.73 Å². The number of benzene rings is 1. The smallest absolute Gasteiger partial charge is 0.253 e. The third-order valence-corrected chi connectivity index (χ3v) is 4.94. The molecule has 0 radical (unpaired) electrons. The van der Waals surface area contributed by atoms with Gasteiger partial charge in [0, 0.05) is 30.4 Å². The zero-order valence-corrected chi connectivity index (χ0v) is 14.7. The third-order valence-electron chi connectivity index (χ3n) is 4.94. The molecule has 1 amide bonds. The van der Waals surface area contributed by atoms with E-state index in [2.05, 4.69) is 12.0 Å². The Morgan fingerprint density at radius 3 is 2.33 bits per heavy atom. The normalized spacial score (nSPS) is 17.1. The van der Waals surface area contributed by atoms with Gasteiger partial charge >= 0.3 is 0 Å². The predicted molar refractivity (Wildman–Crippen MR) is 95.3 cm³/mol. The quantitative estimate of drug-likeness (QED) is 0.943. The monoisotopic (exact) mass is 326 g/mol. The van der Waals surface area contributed by atoms with Crippen molar-refractivity contribution in [3.05, 3.63) is 47.3 Å². The first-order valence-electron chi connectivity index (χ1n) is 8.64. The zero-order valence-electron chi connectivity index (χ0n) is 14.7. The summed E-state index contributed by atoms with van der Waals surface area (Å²) in [5.74, 6) is 0.639. The van der Waals surface area contributed by atoms with Crippen molar-refractivity contribution in [1.29, 1.82) is 0 Å². The first-order chi connectivity index (χ1) is 11.5. The first kappa shape index (κ1) is 16.7. The van der Waals surface area contributed by atoms with E-state index in [4.69, 9.17) is 5.73 Å². The van der Waals surface area contributed by atoms with Crippen molar-refractivity contribution in [1.82, 2.24) is 14.7 Å². The second-order valence-electron chi connectivity index (χ2n) is 6.87. The molecule has 24 heavy (non-hydrogen) atoms. The van der Waals surface area contributed by atoms with Crippen molar-refractivity contribution in [2.24, 2.45) is 11.7 Å². The summed E-state index contributed by atoms with van der Waals surface area (Å²) in [5, 5.41) is 4.48. The number of piperidine rings is 1. The highest BCUT2D eigenvalue weighted by molar-refractivity contribution is 5.94. The van der Waals surface area contributed by atoms with Gasteiger partial charge in [0.1, 0.15) is 0 Å². The molecular weight excluding hydrogens is 300 g/mol. The van der Waals surface area contributed by atoms with Gasteiger partial charge in [-0.25, -0.2) is 4.68 Å². The number of hydrogen-bond acceptors (Lipinski definition) is 3. The fourth-order valence-electron chi connectivity index (χ4n) is 3.45. The van der Waals surface area contributed by atoms with E-state index in [1.54, 1.807) is 0 Å². The van der Waals surface area contributed by atoms with Crippen molar-refractivity contribution in [3.63, 3.8) is 0 Å². The van der Waals surface area contributed by atoms with Gasteiger partial charge in [-0.3, -0.25) is 4.79 Å². The lowest BCUT2D eigenvalue weighted by Crippen LogP contribution is -2.42. The van der Waals surface area contributed by atoms with E-state index in [0.29, 0.717) is 5.92 Å². The molecule has 1 aromatic carbocycles. The van der Waals surface area contributed by atoms with Gasteiger partial charge in [0.2, 0.25) is 0 Å². The van der Waals surface area contributed by atoms with Crippen LogP contribution in [0.3, 0.4) is 0 Å². The van der Waals surface area contributed by atoms with Gasteiger partial charge in [-0.1, -0.05) is 0 Å². The maximum atomic E-state index is 12.7. The molecule has 0 saturated carbocycles. The molecule has 5 nitrogen and oxygen atoms in total. The minimum atomic E-state index is 0.109. The van der Waals surface area contributed by atoms with E-state index >= 15 is 0 Å². The molecule has 2 heterocycles. The highest BCUT2D eigenvalue weighted by atomic mass is 16.2. The van der Waals surface area contributed by atoms with E-state index in [9.17, 15) is 4.79 Å². The van der Waals surface area contributed by atoms with Crippen LogP contribution in [0.4, 0.5) is 0 Å². The van der Waals surface area contributed by atoms with E-state index in [1.165, 1.54) is 0 Å². The average molecular weight is 326 g/mol. The van der Waals surface area contributed by atoms with Crippen LogP contribution in [0.15, 0.2) is 30.3 Å². The summed E-state index contributed by atoms with van der Waals surface area (Å²) in [6, 6.07) is 9.96. The molecule has 1 saturated heterocycles. The second-order valence-corrected chi connectivity index (χ2v) is 6.87. The van der Waals surface area contributed by atoms with Crippen molar-refractivity contribution in [3.8, 4) is 5.69 Å². The first-order valence-corrected chi connectivity index (χ1v) is 8.64. The van der Waals surface area contributed by atoms with E-state index in [-0.39, 0.29) is 11.9 Å². The van der Waals surface area contributed by atoms with Crippen molar-refractivity contribution in [2.45, 2.75) is 39.7 Å². The van der Waals surface area contributed by atoms with Crippen LogP contribution in [-0.4, -0.2) is 39.7 Å². The van der Waals surface area contributed by atoms with Gasteiger partial charge in [0.15, 0.2) is 0 Å². The minimum Gasteiger partial charge on any atom is -0.339 e.